The molecule has 1 fully saturated rings. The summed E-state index contributed by atoms with van der Waals surface area (Å²) in [6, 6.07) is 0. The maximum atomic E-state index is 11.1. The van der Waals surface area contributed by atoms with Crippen LogP contribution in [0.4, 0.5) is 0 Å². The molecule has 0 bridgehead atoms. The van der Waals surface area contributed by atoms with Crippen molar-refractivity contribution in [1.29, 1.82) is 0 Å². The number of β-amino-alcohol motifs (C(OH)–C–C–N with tert-alkyl or cyclic N) is 1. The van der Waals surface area contributed by atoms with Gasteiger partial charge in [0.2, 0.25) is 5.91 Å². The molecule has 1 aliphatic rings. The van der Waals surface area contributed by atoms with Crippen molar-refractivity contribution in [3.05, 3.63) is 0 Å². The zero-order chi connectivity index (χ0) is 9.84. The van der Waals surface area contributed by atoms with E-state index in [1.54, 1.807) is 0 Å². The van der Waals surface area contributed by atoms with E-state index in [-0.39, 0.29) is 24.9 Å². The lowest BCUT2D eigenvalue weighted by Gasteiger charge is -2.14. The maximum Gasteiger partial charge on any atom is 0.302 e. The smallest absolute Gasteiger partial charge is 0.302 e. The molecule has 0 saturated carbocycles. The zero-order valence-electron chi connectivity index (χ0n) is 7.52. The van der Waals surface area contributed by atoms with Crippen LogP contribution in [0.2, 0.25) is 0 Å². The molecule has 0 aromatic rings. The molecule has 0 spiro atoms. The Hall–Kier alpha value is -1.10. The van der Waals surface area contributed by atoms with Crippen LogP contribution in [0.3, 0.4) is 0 Å². The fourth-order valence-electron chi connectivity index (χ4n) is 1.27. The van der Waals surface area contributed by atoms with Crippen molar-refractivity contribution in [1.82, 2.24) is 4.90 Å². The second kappa shape index (κ2) is 4.23. The average Bonchev–Trinajstić information content (AvgIpc) is 2.29. The Morgan fingerprint density at radius 3 is 2.92 bits per heavy atom. The van der Waals surface area contributed by atoms with Crippen LogP contribution in [0.25, 0.3) is 0 Å². The molecule has 1 aliphatic heterocycles. The van der Waals surface area contributed by atoms with Gasteiger partial charge in [0.15, 0.2) is 0 Å². The van der Waals surface area contributed by atoms with E-state index in [1.165, 1.54) is 11.8 Å². The minimum absolute atomic E-state index is 0.0837. The van der Waals surface area contributed by atoms with Gasteiger partial charge in [-0.05, 0) is 0 Å². The lowest BCUT2D eigenvalue weighted by molar-refractivity contribution is -0.142. The molecule has 1 atom stereocenters. The Morgan fingerprint density at radius 2 is 2.46 bits per heavy atom. The van der Waals surface area contributed by atoms with E-state index in [2.05, 4.69) is 4.74 Å². The summed E-state index contributed by atoms with van der Waals surface area (Å²) >= 11 is 0. The fourth-order valence-corrected chi connectivity index (χ4v) is 1.27. The van der Waals surface area contributed by atoms with E-state index in [0.717, 1.165) is 0 Å². The average molecular weight is 187 g/mol. The first-order valence-corrected chi connectivity index (χ1v) is 4.19. The van der Waals surface area contributed by atoms with Gasteiger partial charge in [-0.1, -0.05) is 0 Å². The van der Waals surface area contributed by atoms with Crippen LogP contribution in [0.1, 0.15) is 13.3 Å². The Bertz CT molecular complexity index is 216. The number of aliphatic hydroxyl groups is 1. The number of nitrogens with zero attached hydrogens (tertiary/aromatic N) is 1. The van der Waals surface area contributed by atoms with Gasteiger partial charge < -0.3 is 14.7 Å². The number of aliphatic hydroxyl groups excluding tert-OH is 1. The van der Waals surface area contributed by atoms with E-state index in [0.29, 0.717) is 13.1 Å². The summed E-state index contributed by atoms with van der Waals surface area (Å²) in [6.45, 7) is 2.24. The van der Waals surface area contributed by atoms with Crippen molar-refractivity contribution in [2.24, 2.45) is 0 Å². The zero-order valence-corrected chi connectivity index (χ0v) is 7.52. The summed E-state index contributed by atoms with van der Waals surface area (Å²) in [5, 5.41) is 9.11. The van der Waals surface area contributed by atoms with Gasteiger partial charge in [0.1, 0.15) is 6.61 Å². The van der Waals surface area contributed by atoms with Gasteiger partial charge in [-0.2, -0.15) is 0 Å². The van der Waals surface area contributed by atoms with E-state index in [4.69, 9.17) is 5.11 Å². The van der Waals surface area contributed by atoms with E-state index >= 15 is 0 Å². The SMILES string of the molecule is CC(=O)OCCN1CC(O)CC1=O. The minimum Gasteiger partial charge on any atom is -0.464 e. The number of amides is 1. The molecule has 0 radical (unpaired) electrons. The molecule has 1 rings (SSSR count). The van der Waals surface area contributed by atoms with Crippen molar-refractivity contribution in [3.8, 4) is 0 Å². The third kappa shape index (κ3) is 3.02. The molecule has 0 aliphatic carbocycles. The first-order valence-electron chi connectivity index (χ1n) is 4.19. The Kier molecular flexibility index (Phi) is 3.25. The summed E-state index contributed by atoms with van der Waals surface area (Å²) in [5.74, 6) is -0.438. The second-order valence-corrected chi connectivity index (χ2v) is 3.04. The predicted octanol–water partition coefficient (Wildman–Crippen LogP) is -0.857. The van der Waals surface area contributed by atoms with Gasteiger partial charge >= 0.3 is 5.97 Å². The van der Waals surface area contributed by atoms with Crippen molar-refractivity contribution >= 4 is 11.9 Å². The van der Waals surface area contributed by atoms with Crippen LogP contribution in [-0.4, -0.2) is 47.7 Å². The standard InChI is InChI=1S/C8H13NO4/c1-6(10)13-3-2-9-5-7(11)4-8(9)12/h7,11H,2-5H2,1H3. The molecule has 1 N–H and O–H groups in total. The van der Waals surface area contributed by atoms with E-state index in [9.17, 15) is 9.59 Å². The Balaban J connectivity index is 2.22. The van der Waals surface area contributed by atoms with Crippen LogP contribution in [0.5, 0.6) is 0 Å². The first kappa shape index (κ1) is 9.98. The molecule has 1 saturated heterocycles. The lowest BCUT2D eigenvalue weighted by atomic mass is 10.3. The van der Waals surface area contributed by atoms with Crippen LogP contribution in [-0.2, 0) is 14.3 Å². The highest BCUT2D eigenvalue weighted by molar-refractivity contribution is 5.79. The number of hydrogen-bond donors (Lipinski definition) is 1. The number of rotatable bonds is 3. The first-order chi connectivity index (χ1) is 6.09. The second-order valence-electron chi connectivity index (χ2n) is 3.04. The number of likely N-dealkylation sites (tertiary alicyclic amines) is 1. The predicted molar refractivity (Wildman–Crippen MR) is 43.8 cm³/mol. The van der Waals surface area contributed by atoms with E-state index in [1.807, 2.05) is 0 Å². The van der Waals surface area contributed by atoms with Crippen molar-refractivity contribution in [3.63, 3.8) is 0 Å². The largest absolute Gasteiger partial charge is 0.464 e. The van der Waals surface area contributed by atoms with Crippen LogP contribution in [0.15, 0.2) is 0 Å². The van der Waals surface area contributed by atoms with Gasteiger partial charge in [-0.3, -0.25) is 9.59 Å². The fraction of sp³-hybridized carbons (Fsp3) is 0.750. The van der Waals surface area contributed by atoms with E-state index < -0.39 is 6.10 Å². The molecular weight excluding hydrogens is 174 g/mol. The summed E-state index contributed by atoms with van der Waals surface area (Å²) in [7, 11) is 0. The number of carbonyl (C=O) groups excluding carboxylic acids is 2. The molecule has 5 heteroatoms. The van der Waals surface area contributed by atoms with Crippen LogP contribution < -0.4 is 0 Å². The minimum atomic E-state index is -0.565. The van der Waals surface area contributed by atoms with Gasteiger partial charge in [0.05, 0.1) is 19.1 Å². The summed E-state index contributed by atoms with van der Waals surface area (Å²) < 4.78 is 4.67. The maximum absolute atomic E-state index is 11.1. The van der Waals surface area contributed by atoms with Gasteiger partial charge in [0.25, 0.3) is 0 Å². The highest BCUT2D eigenvalue weighted by Gasteiger charge is 2.27. The molecule has 74 valence electrons. The topological polar surface area (TPSA) is 66.8 Å². The molecular formula is C8H13NO4. The summed E-state index contributed by atoms with van der Waals surface area (Å²) in [6.07, 6.45) is -0.384. The normalized spacial score (nSPS) is 22.2. The number of esters is 1. The molecule has 13 heavy (non-hydrogen) atoms. The summed E-state index contributed by atoms with van der Waals surface area (Å²) in [4.78, 5) is 23.0. The highest BCUT2D eigenvalue weighted by atomic mass is 16.5. The van der Waals surface area contributed by atoms with Crippen molar-refractivity contribution in [2.75, 3.05) is 19.7 Å². The van der Waals surface area contributed by atoms with Gasteiger partial charge in [0, 0.05) is 13.5 Å². The molecule has 0 aromatic heterocycles. The molecule has 5 nitrogen and oxygen atoms in total. The molecule has 1 heterocycles. The molecule has 1 unspecified atom stereocenters. The van der Waals surface area contributed by atoms with Gasteiger partial charge in [-0.15, -0.1) is 0 Å². The van der Waals surface area contributed by atoms with Crippen LogP contribution >= 0.6 is 0 Å². The monoisotopic (exact) mass is 187 g/mol. The van der Waals surface area contributed by atoms with Crippen LogP contribution in [0, 0.1) is 0 Å². The lowest BCUT2D eigenvalue weighted by Crippen LogP contribution is -2.30. The third-order valence-electron chi connectivity index (χ3n) is 1.86. The third-order valence-corrected chi connectivity index (χ3v) is 1.86. The quantitative estimate of drug-likeness (QED) is 0.584. The number of hydrogen-bond acceptors (Lipinski definition) is 4. The van der Waals surface area contributed by atoms with Crippen molar-refractivity contribution < 1.29 is 19.4 Å². The van der Waals surface area contributed by atoms with Crippen molar-refractivity contribution in [2.45, 2.75) is 19.4 Å². The highest BCUT2D eigenvalue weighted by Crippen LogP contribution is 2.09. The van der Waals surface area contributed by atoms with Gasteiger partial charge in [-0.25, -0.2) is 0 Å². The summed E-state index contributed by atoms with van der Waals surface area (Å²) in [5.41, 5.74) is 0. The molecule has 0 aromatic carbocycles. The Labute approximate surface area is 76.3 Å². The Morgan fingerprint density at radius 1 is 1.77 bits per heavy atom. The molecule has 1 amide bonds. The number of ether oxygens (including phenoxy) is 1. The number of carbonyl (C=O) groups is 2.